The van der Waals surface area contributed by atoms with Gasteiger partial charge in [0, 0.05) is 5.39 Å². The molecule has 2 N–H and O–H groups in total. The zero-order valence-electron chi connectivity index (χ0n) is 6.46. The maximum atomic E-state index is 12.9. The van der Waals surface area contributed by atoms with Crippen LogP contribution in [-0.2, 0) is 0 Å². The molecule has 5 heteroatoms. The van der Waals surface area contributed by atoms with Crippen LogP contribution in [0, 0.1) is 5.82 Å². The first-order valence-electron chi connectivity index (χ1n) is 3.53. The van der Waals surface area contributed by atoms with Gasteiger partial charge in [0.1, 0.15) is 18.0 Å². The molecule has 0 spiro atoms. The van der Waals surface area contributed by atoms with Crippen molar-refractivity contribution in [1.29, 1.82) is 0 Å². The van der Waals surface area contributed by atoms with Crippen LogP contribution < -0.4 is 5.73 Å². The van der Waals surface area contributed by atoms with Crippen LogP contribution in [0.1, 0.15) is 0 Å². The predicted octanol–water partition coefficient (Wildman–Crippen LogP) is 2.00. The standard InChI is InChI=1S/C8H5ClFN3/c9-6-2-4(10)1-5-7(6)12-3-13-8(5)11/h1-3H,(H2,11,12,13). The van der Waals surface area contributed by atoms with Gasteiger partial charge in [0.05, 0.1) is 10.5 Å². The molecule has 1 heterocycles. The molecule has 0 unspecified atom stereocenters. The Morgan fingerprint density at radius 1 is 1.31 bits per heavy atom. The number of aromatic nitrogens is 2. The van der Waals surface area contributed by atoms with Crippen LogP contribution >= 0.6 is 11.6 Å². The minimum Gasteiger partial charge on any atom is -0.383 e. The van der Waals surface area contributed by atoms with E-state index in [9.17, 15) is 4.39 Å². The van der Waals surface area contributed by atoms with Crippen LogP contribution in [0.2, 0.25) is 5.02 Å². The van der Waals surface area contributed by atoms with Gasteiger partial charge in [-0.25, -0.2) is 14.4 Å². The average Bonchev–Trinajstić information content (AvgIpc) is 2.07. The van der Waals surface area contributed by atoms with E-state index >= 15 is 0 Å². The number of benzene rings is 1. The minimum atomic E-state index is -0.445. The molecule has 66 valence electrons. The van der Waals surface area contributed by atoms with E-state index in [1.54, 1.807) is 0 Å². The van der Waals surface area contributed by atoms with E-state index < -0.39 is 5.82 Å². The van der Waals surface area contributed by atoms with Crippen molar-refractivity contribution in [2.24, 2.45) is 0 Å². The second-order valence-corrected chi connectivity index (χ2v) is 2.95. The van der Waals surface area contributed by atoms with Crippen molar-refractivity contribution >= 4 is 28.3 Å². The van der Waals surface area contributed by atoms with Crippen molar-refractivity contribution in [3.63, 3.8) is 0 Å². The molecule has 3 nitrogen and oxygen atoms in total. The zero-order valence-corrected chi connectivity index (χ0v) is 7.22. The number of hydrogen-bond donors (Lipinski definition) is 1. The summed E-state index contributed by atoms with van der Waals surface area (Å²) >= 11 is 5.75. The van der Waals surface area contributed by atoms with Gasteiger partial charge in [0.15, 0.2) is 0 Å². The molecule has 0 aliphatic rings. The van der Waals surface area contributed by atoms with Gasteiger partial charge < -0.3 is 5.73 Å². The van der Waals surface area contributed by atoms with E-state index in [-0.39, 0.29) is 10.8 Å². The molecular weight excluding hydrogens is 193 g/mol. The molecule has 0 aliphatic carbocycles. The lowest BCUT2D eigenvalue weighted by Crippen LogP contribution is -1.94. The number of nitrogens with zero attached hydrogens (tertiary/aromatic N) is 2. The lowest BCUT2D eigenvalue weighted by Gasteiger charge is -2.01. The molecule has 0 saturated heterocycles. The Morgan fingerprint density at radius 2 is 2.08 bits per heavy atom. The third-order valence-electron chi connectivity index (χ3n) is 1.69. The third kappa shape index (κ3) is 1.29. The SMILES string of the molecule is Nc1ncnc2c(Cl)cc(F)cc12. The molecule has 0 fully saturated rings. The van der Waals surface area contributed by atoms with Gasteiger partial charge in [-0.15, -0.1) is 0 Å². The Kier molecular flexibility index (Phi) is 1.77. The normalized spacial score (nSPS) is 10.6. The molecule has 13 heavy (non-hydrogen) atoms. The highest BCUT2D eigenvalue weighted by Gasteiger charge is 2.06. The van der Waals surface area contributed by atoms with Gasteiger partial charge in [-0.05, 0) is 12.1 Å². The molecule has 1 aromatic carbocycles. The summed E-state index contributed by atoms with van der Waals surface area (Å²) in [5, 5.41) is 0.677. The van der Waals surface area contributed by atoms with Crippen molar-refractivity contribution in [2.45, 2.75) is 0 Å². The highest BCUT2D eigenvalue weighted by atomic mass is 35.5. The first kappa shape index (κ1) is 8.19. The number of nitrogen functional groups attached to an aromatic ring is 1. The van der Waals surface area contributed by atoms with Crippen LogP contribution in [-0.4, -0.2) is 9.97 Å². The van der Waals surface area contributed by atoms with Crippen LogP contribution in [0.4, 0.5) is 10.2 Å². The summed E-state index contributed by atoms with van der Waals surface area (Å²) in [5.74, 6) is -0.217. The van der Waals surface area contributed by atoms with Crippen LogP contribution in [0.15, 0.2) is 18.5 Å². The predicted molar refractivity (Wildman–Crippen MR) is 48.9 cm³/mol. The minimum absolute atomic E-state index is 0.228. The van der Waals surface area contributed by atoms with Crippen LogP contribution in [0.25, 0.3) is 10.9 Å². The van der Waals surface area contributed by atoms with Crippen LogP contribution in [0.3, 0.4) is 0 Å². The van der Waals surface area contributed by atoms with Crippen molar-refractivity contribution in [3.8, 4) is 0 Å². The first-order chi connectivity index (χ1) is 6.18. The van der Waals surface area contributed by atoms with E-state index in [2.05, 4.69) is 9.97 Å². The molecule has 0 radical (unpaired) electrons. The summed E-state index contributed by atoms with van der Waals surface area (Å²) < 4.78 is 12.9. The molecule has 1 aromatic heterocycles. The van der Waals surface area contributed by atoms with Gasteiger partial charge in [0.25, 0.3) is 0 Å². The van der Waals surface area contributed by atoms with Gasteiger partial charge in [-0.3, -0.25) is 0 Å². The highest BCUT2D eigenvalue weighted by molar-refractivity contribution is 6.35. The zero-order chi connectivity index (χ0) is 9.42. The summed E-state index contributed by atoms with van der Waals surface area (Å²) in [4.78, 5) is 7.62. The number of halogens is 2. The Labute approximate surface area is 78.4 Å². The number of nitrogens with two attached hydrogens (primary N) is 1. The molecule has 0 amide bonds. The Hall–Kier alpha value is -1.42. The van der Waals surface area contributed by atoms with Crippen LogP contribution in [0.5, 0.6) is 0 Å². The molecular formula is C8H5ClFN3. The fourth-order valence-electron chi connectivity index (χ4n) is 1.11. The summed E-state index contributed by atoms with van der Waals surface area (Å²) in [6.07, 6.45) is 1.29. The second kappa shape index (κ2) is 2.81. The number of fused-ring (bicyclic) bond motifs is 1. The lowest BCUT2D eigenvalue weighted by atomic mass is 10.2. The highest BCUT2D eigenvalue weighted by Crippen LogP contribution is 2.25. The maximum absolute atomic E-state index is 12.9. The van der Waals surface area contributed by atoms with E-state index in [0.717, 1.165) is 0 Å². The van der Waals surface area contributed by atoms with Gasteiger partial charge in [-0.1, -0.05) is 11.6 Å². The quantitative estimate of drug-likeness (QED) is 0.703. The summed E-state index contributed by atoms with van der Waals surface area (Å²) in [7, 11) is 0. The Bertz CT molecular complexity index is 472. The Balaban J connectivity index is 2.94. The smallest absolute Gasteiger partial charge is 0.134 e. The van der Waals surface area contributed by atoms with Crippen molar-refractivity contribution in [1.82, 2.24) is 9.97 Å². The lowest BCUT2D eigenvalue weighted by molar-refractivity contribution is 0.629. The topological polar surface area (TPSA) is 51.8 Å². The van der Waals surface area contributed by atoms with Crippen molar-refractivity contribution < 1.29 is 4.39 Å². The van der Waals surface area contributed by atoms with Crippen molar-refractivity contribution in [2.75, 3.05) is 5.73 Å². The molecule has 2 rings (SSSR count). The monoisotopic (exact) mass is 197 g/mol. The number of hydrogen-bond acceptors (Lipinski definition) is 3. The third-order valence-corrected chi connectivity index (χ3v) is 1.98. The fraction of sp³-hybridized carbons (Fsp3) is 0. The summed E-state index contributed by atoms with van der Waals surface area (Å²) in [6.45, 7) is 0. The number of anilines is 1. The average molecular weight is 198 g/mol. The molecule has 2 aromatic rings. The summed E-state index contributed by atoms with van der Waals surface area (Å²) in [6, 6.07) is 2.45. The molecule has 0 bridgehead atoms. The largest absolute Gasteiger partial charge is 0.383 e. The van der Waals surface area contributed by atoms with Crippen molar-refractivity contribution in [3.05, 3.63) is 29.3 Å². The van der Waals surface area contributed by atoms with E-state index in [1.807, 2.05) is 0 Å². The van der Waals surface area contributed by atoms with E-state index in [4.69, 9.17) is 17.3 Å². The number of rotatable bonds is 0. The van der Waals surface area contributed by atoms with E-state index in [0.29, 0.717) is 10.9 Å². The Morgan fingerprint density at radius 3 is 2.85 bits per heavy atom. The van der Waals surface area contributed by atoms with Gasteiger partial charge in [-0.2, -0.15) is 0 Å². The molecule has 0 saturated carbocycles. The second-order valence-electron chi connectivity index (χ2n) is 2.54. The van der Waals surface area contributed by atoms with Gasteiger partial charge >= 0.3 is 0 Å². The fourth-order valence-corrected chi connectivity index (χ4v) is 1.37. The maximum Gasteiger partial charge on any atom is 0.134 e. The summed E-state index contributed by atoms with van der Waals surface area (Å²) in [5.41, 5.74) is 5.99. The first-order valence-corrected chi connectivity index (χ1v) is 3.91. The van der Waals surface area contributed by atoms with E-state index in [1.165, 1.54) is 18.5 Å². The molecule has 0 aliphatic heterocycles. The molecule has 0 atom stereocenters. The van der Waals surface area contributed by atoms with Gasteiger partial charge in [0.2, 0.25) is 0 Å².